The highest BCUT2D eigenvalue weighted by atomic mass is 32.2. The van der Waals surface area contributed by atoms with Crippen molar-refractivity contribution in [3.63, 3.8) is 0 Å². The first-order chi connectivity index (χ1) is 14.4. The lowest BCUT2D eigenvalue weighted by Crippen LogP contribution is -1.96. The lowest BCUT2D eigenvalue weighted by molar-refractivity contribution is -0.385. The number of carboxylic acids is 1. The summed E-state index contributed by atoms with van der Waals surface area (Å²) in [6.07, 6.45) is 1.36. The Hall–Kier alpha value is -3.85. The van der Waals surface area contributed by atoms with E-state index in [1.54, 1.807) is 49.4 Å². The summed E-state index contributed by atoms with van der Waals surface area (Å²) in [7, 11) is 0. The van der Waals surface area contributed by atoms with Gasteiger partial charge in [-0.05, 0) is 43.0 Å². The van der Waals surface area contributed by atoms with E-state index in [0.29, 0.717) is 28.0 Å². The number of hydrogen-bond acceptors (Lipinski definition) is 7. The molecule has 0 spiro atoms. The first kappa shape index (κ1) is 19.5. The molecule has 150 valence electrons. The van der Waals surface area contributed by atoms with Gasteiger partial charge in [0.05, 0.1) is 4.92 Å². The number of benzene rings is 2. The van der Waals surface area contributed by atoms with Gasteiger partial charge in [0.2, 0.25) is 0 Å². The molecule has 4 rings (SSSR count). The van der Waals surface area contributed by atoms with Crippen LogP contribution in [0.1, 0.15) is 11.3 Å². The van der Waals surface area contributed by atoms with Crippen LogP contribution in [0.15, 0.2) is 73.6 Å². The summed E-state index contributed by atoms with van der Waals surface area (Å²) in [6.45, 7) is 1.64. The summed E-state index contributed by atoms with van der Waals surface area (Å²) in [4.78, 5) is 26.6. The first-order valence-electron chi connectivity index (χ1n) is 8.75. The van der Waals surface area contributed by atoms with Crippen LogP contribution >= 0.6 is 11.8 Å². The fourth-order valence-corrected chi connectivity index (χ4v) is 3.64. The molecule has 9 heteroatoms. The van der Waals surface area contributed by atoms with Crippen molar-refractivity contribution < 1.29 is 23.7 Å². The molecule has 0 fully saturated rings. The minimum absolute atomic E-state index is 0.0151. The molecule has 0 unspecified atom stereocenters. The average Bonchev–Trinajstić information content (AvgIpc) is 3.33. The number of nitro benzene ring substituents is 1. The smallest absolute Gasteiger partial charge is 0.342 e. The Morgan fingerprint density at radius 2 is 1.93 bits per heavy atom. The van der Waals surface area contributed by atoms with Crippen molar-refractivity contribution in [3.05, 3.63) is 80.9 Å². The van der Waals surface area contributed by atoms with Gasteiger partial charge in [0, 0.05) is 23.3 Å². The summed E-state index contributed by atoms with van der Waals surface area (Å²) in [5.74, 6) is -0.470. The fraction of sp³-hybridized carbons (Fsp3) is 0.0476. The standard InChI is InChI=1S/C21H14N2O6S/c1-12-14(5-4-7-16(12)23(26)27)17-10-9-13(28-17)11-19(20(24)25)30-21-22-15-6-2-3-8-18(15)29-21/h2-11H,1H3,(H,24,25)/b19-11-. The molecule has 2 heterocycles. The lowest BCUT2D eigenvalue weighted by atomic mass is 10.1. The maximum Gasteiger partial charge on any atom is 0.342 e. The maximum atomic E-state index is 11.7. The van der Waals surface area contributed by atoms with Gasteiger partial charge in [-0.15, -0.1) is 0 Å². The number of carboxylic acid groups (broad SMARTS) is 1. The molecule has 0 aliphatic heterocycles. The third kappa shape index (κ3) is 3.83. The van der Waals surface area contributed by atoms with Crippen LogP contribution in [0.5, 0.6) is 0 Å². The summed E-state index contributed by atoms with van der Waals surface area (Å²) < 4.78 is 11.3. The van der Waals surface area contributed by atoms with E-state index in [4.69, 9.17) is 8.83 Å². The zero-order chi connectivity index (χ0) is 21.3. The molecule has 1 N–H and O–H groups in total. The van der Waals surface area contributed by atoms with Crippen LogP contribution in [0.3, 0.4) is 0 Å². The summed E-state index contributed by atoms with van der Waals surface area (Å²) in [5.41, 5.74) is 2.20. The number of thioether (sulfide) groups is 1. The molecule has 0 bridgehead atoms. The Labute approximate surface area is 174 Å². The van der Waals surface area contributed by atoms with Gasteiger partial charge in [-0.1, -0.05) is 24.3 Å². The second-order valence-corrected chi connectivity index (χ2v) is 7.27. The Balaban J connectivity index is 1.65. The lowest BCUT2D eigenvalue weighted by Gasteiger charge is -2.03. The number of furan rings is 1. The molecule has 4 aromatic rings. The zero-order valence-corrected chi connectivity index (χ0v) is 16.4. The van der Waals surface area contributed by atoms with Gasteiger partial charge >= 0.3 is 5.97 Å². The number of oxazole rings is 1. The molecule has 0 saturated heterocycles. The number of aromatic nitrogens is 1. The SMILES string of the molecule is Cc1c(-c2ccc(/C=C(\Sc3nc4ccccc4o3)C(=O)O)o2)cccc1[N+](=O)[O-]. The second kappa shape index (κ2) is 7.88. The summed E-state index contributed by atoms with van der Waals surface area (Å²) >= 11 is 0.866. The largest absolute Gasteiger partial charge is 0.477 e. The van der Waals surface area contributed by atoms with E-state index in [9.17, 15) is 20.0 Å². The molecule has 2 aromatic carbocycles. The predicted octanol–water partition coefficient (Wildman–Crippen LogP) is 5.52. The monoisotopic (exact) mass is 422 g/mol. The van der Waals surface area contributed by atoms with Gasteiger partial charge in [-0.3, -0.25) is 10.1 Å². The number of hydrogen-bond donors (Lipinski definition) is 1. The number of para-hydroxylation sites is 2. The van der Waals surface area contributed by atoms with Gasteiger partial charge in [-0.25, -0.2) is 9.78 Å². The molecular formula is C21H14N2O6S. The summed E-state index contributed by atoms with van der Waals surface area (Å²) in [5, 5.41) is 20.9. The quantitative estimate of drug-likeness (QED) is 0.187. The van der Waals surface area contributed by atoms with Gasteiger partial charge in [-0.2, -0.15) is 0 Å². The molecule has 0 aliphatic carbocycles. The van der Waals surface area contributed by atoms with Crippen LogP contribution in [-0.4, -0.2) is 21.0 Å². The number of aliphatic carboxylic acids is 1. The molecule has 30 heavy (non-hydrogen) atoms. The van der Waals surface area contributed by atoms with E-state index in [2.05, 4.69) is 4.98 Å². The van der Waals surface area contributed by atoms with Gasteiger partial charge in [0.15, 0.2) is 5.58 Å². The van der Waals surface area contributed by atoms with E-state index in [0.717, 1.165) is 11.8 Å². The van der Waals surface area contributed by atoms with Crippen molar-refractivity contribution in [2.45, 2.75) is 12.1 Å². The average molecular weight is 422 g/mol. The van der Waals surface area contributed by atoms with Crippen LogP contribution in [0, 0.1) is 17.0 Å². The van der Waals surface area contributed by atoms with Crippen molar-refractivity contribution in [3.8, 4) is 11.3 Å². The van der Waals surface area contributed by atoms with Crippen molar-refractivity contribution in [2.24, 2.45) is 0 Å². The molecular weight excluding hydrogens is 408 g/mol. The molecule has 8 nitrogen and oxygen atoms in total. The highest BCUT2D eigenvalue weighted by Gasteiger charge is 2.18. The van der Waals surface area contributed by atoms with Crippen molar-refractivity contribution in [1.82, 2.24) is 4.98 Å². The molecule has 0 radical (unpaired) electrons. The van der Waals surface area contributed by atoms with E-state index in [1.165, 1.54) is 12.1 Å². The van der Waals surface area contributed by atoms with Gasteiger partial charge in [0.25, 0.3) is 10.9 Å². The van der Waals surface area contributed by atoms with Gasteiger partial charge in [0.1, 0.15) is 21.9 Å². The van der Waals surface area contributed by atoms with Crippen LogP contribution in [-0.2, 0) is 4.79 Å². The van der Waals surface area contributed by atoms with E-state index in [1.807, 2.05) is 6.07 Å². The fourth-order valence-electron chi connectivity index (χ4n) is 2.92. The maximum absolute atomic E-state index is 11.7. The molecule has 2 aromatic heterocycles. The number of carbonyl (C=O) groups is 1. The number of fused-ring (bicyclic) bond motifs is 1. The first-order valence-corrected chi connectivity index (χ1v) is 9.56. The Morgan fingerprint density at radius 1 is 1.13 bits per heavy atom. The van der Waals surface area contributed by atoms with Crippen LogP contribution in [0.4, 0.5) is 5.69 Å². The number of nitro groups is 1. The van der Waals surface area contributed by atoms with E-state index >= 15 is 0 Å². The van der Waals surface area contributed by atoms with Crippen LogP contribution in [0.25, 0.3) is 28.5 Å². The van der Waals surface area contributed by atoms with Crippen molar-refractivity contribution >= 4 is 40.6 Å². The summed E-state index contributed by atoms with van der Waals surface area (Å²) in [6, 6.07) is 15.1. The highest BCUT2D eigenvalue weighted by Crippen LogP contribution is 2.34. The second-order valence-electron chi connectivity index (χ2n) is 6.27. The molecule has 0 saturated carbocycles. The highest BCUT2D eigenvalue weighted by molar-refractivity contribution is 8.03. The Kier molecular flexibility index (Phi) is 5.11. The Bertz CT molecular complexity index is 1270. The normalized spacial score (nSPS) is 11.7. The van der Waals surface area contributed by atoms with Crippen LogP contribution < -0.4 is 0 Å². The number of rotatable bonds is 6. The van der Waals surface area contributed by atoms with Gasteiger partial charge < -0.3 is 13.9 Å². The minimum Gasteiger partial charge on any atom is -0.477 e. The molecule has 0 amide bonds. The molecule has 0 atom stereocenters. The van der Waals surface area contributed by atoms with Crippen molar-refractivity contribution in [2.75, 3.05) is 0 Å². The minimum atomic E-state index is -1.16. The topological polar surface area (TPSA) is 120 Å². The van der Waals surface area contributed by atoms with E-state index in [-0.39, 0.29) is 21.6 Å². The zero-order valence-electron chi connectivity index (χ0n) is 15.6. The Morgan fingerprint density at radius 3 is 2.67 bits per heavy atom. The molecule has 0 aliphatic rings. The third-order valence-electron chi connectivity index (χ3n) is 4.35. The van der Waals surface area contributed by atoms with Crippen molar-refractivity contribution in [1.29, 1.82) is 0 Å². The predicted molar refractivity (Wildman–Crippen MR) is 111 cm³/mol. The number of nitrogens with zero attached hydrogens (tertiary/aromatic N) is 2. The van der Waals surface area contributed by atoms with E-state index < -0.39 is 10.9 Å². The third-order valence-corrected chi connectivity index (χ3v) is 5.21. The van der Waals surface area contributed by atoms with Crippen LogP contribution in [0.2, 0.25) is 0 Å².